The fourth-order valence-corrected chi connectivity index (χ4v) is 2.86. The molecule has 0 saturated heterocycles. The van der Waals surface area contributed by atoms with E-state index in [-0.39, 0.29) is 11.5 Å². The van der Waals surface area contributed by atoms with Crippen LogP contribution in [0.2, 0.25) is 0 Å². The lowest BCUT2D eigenvalue weighted by Gasteiger charge is -2.12. The Morgan fingerprint density at radius 3 is 2.62 bits per heavy atom. The molecule has 0 aliphatic heterocycles. The first-order valence-corrected chi connectivity index (χ1v) is 8.75. The number of nitrogens with one attached hydrogen (secondary N) is 1. The number of benzene rings is 1. The lowest BCUT2D eigenvalue weighted by molar-refractivity contribution is 0.262. The van der Waals surface area contributed by atoms with Crippen LogP contribution in [0.1, 0.15) is 39.2 Å². The predicted molar refractivity (Wildman–Crippen MR) is 82.8 cm³/mol. The van der Waals surface area contributed by atoms with Gasteiger partial charge in [-0.15, -0.1) is 0 Å². The van der Waals surface area contributed by atoms with Crippen molar-refractivity contribution in [1.29, 1.82) is 0 Å². The first-order chi connectivity index (χ1) is 9.90. The third-order valence-corrected chi connectivity index (χ3v) is 4.45. The molecule has 120 valence electrons. The van der Waals surface area contributed by atoms with Crippen LogP contribution in [-0.2, 0) is 16.6 Å². The molecule has 0 amide bonds. The maximum absolute atomic E-state index is 12.2. The van der Waals surface area contributed by atoms with E-state index in [4.69, 9.17) is 4.74 Å². The van der Waals surface area contributed by atoms with E-state index in [1.165, 1.54) is 12.1 Å². The van der Waals surface area contributed by atoms with Crippen molar-refractivity contribution < 1.29 is 18.3 Å². The van der Waals surface area contributed by atoms with Gasteiger partial charge in [0.2, 0.25) is 10.0 Å². The smallest absolute Gasteiger partial charge is 0.240 e. The second kappa shape index (κ2) is 8.36. The second-order valence-electron chi connectivity index (χ2n) is 5.36. The monoisotopic (exact) mass is 315 g/mol. The summed E-state index contributed by atoms with van der Waals surface area (Å²) in [5.74, 6) is 0.964. The molecule has 0 bridgehead atoms. The number of aliphatic hydroxyl groups excluding tert-OH is 1. The van der Waals surface area contributed by atoms with Crippen molar-refractivity contribution in [3.05, 3.63) is 23.8 Å². The van der Waals surface area contributed by atoms with Crippen molar-refractivity contribution in [3.8, 4) is 5.75 Å². The fourth-order valence-electron chi connectivity index (χ4n) is 1.76. The van der Waals surface area contributed by atoms with Gasteiger partial charge >= 0.3 is 0 Å². The fraction of sp³-hybridized carbons (Fsp3) is 0.600. The summed E-state index contributed by atoms with van der Waals surface area (Å²) in [5, 5.41) is 9.36. The molecule has 0 atom stereocenters. The molecule has 1 aromatic carbocycles. The molecule has 0 radical (unpaired) electrons. The Hall–Kier alpha value is -1.11. The van der Waals surface area contributed by atoms with E-state index >= 15 is 0 Å². The minimum Gasteiger partial charge on any atom is -0.493 e. The summed E-state index contributed by atoms with van der Waals surface area (Å²) in [4.78, 5) is 0.152. The normalized spacial score (nSPS) is 11.9. The Morgan fingerprint density at radius 1 is 1.33 bits per heavy atom. The van der Waals surface area contributed by atoms with Crippen molar-refractivity contribution >= 4 is 10.0 Å². The number of rotatable bonds is 9. The van der Waals surface area contributed by atoms with E-state index in [2.05, 4.69) is 4.72 Å². The molecular formula is C15H25NO4S. The quantitative estimate of drug-likeness (QED) is 0.733. The van der Waals surface area contributed by atoms with E-state index in [9.17, 15) is 13.5 Å². The van der Waals surface area contributed by atoms with Crippen LogP contribution < -0.4 is 9.46 Å². The minimum absolute atomic E-state index is 0.152. The van der Waals surface area contributed by atoms with Crippen molar-refractivity contribution in [2.24, 2.45) is 5.92 Å². The summed E-state index contributed by atoms with van der Waals surface area (Å²) in [6, 6.07) is 4.56. The molecule has 1 aromatic rings. The summed E-state index contributed by atoms with van der Waals surface area (Å²) in [6.07, 6.45) is 1.63. The van der Waals surface area contributed by atoms with Gasteiger partial charge in [-0.25, -0.2) is 13.1 Å². The van der Waals surface area contributed by atoms with Gasteiger partial charge in [0.25, 0.3) is 0 Å². The van der Waals surface area contributed by atoms with Crippen molar-refractivity contribution in [1.82, 2.24) is 4.72 Å². The second-order valence-corrected chi connectivity index (χ2v) is 7.12. The molecule has 6 heteroatoms. The van der Waals surface area contributed by atoms with Crippen molar-refractivity contribution in [3.63, 3.8) is 0 Å². The molecule has 0 fully saturated rings. The average molecular weight is 315 g/mol. The van der Waals surface area contributed by atoms with Crippen molar-refractivity contribution in [2.45, 2.75) is 45.1 Å². The molecule has 0 spiro atoms. The zero-order valence-electron chi connectivity index (χ0n) is 12.9. The number of sulfonamides is 1. The van der Waals surface area contributed by atoms with E-state index in [1.807, 2.05) is 20.8 Å². The molecule has 5 nitrogen and oxygen atoms in total. The van der Waals surface area contributed by atoms with Crippen LogP contribution in [0.4, 0.5) is 0 Å². The Balaban J connectivity index is 2.87. The van der Waals surface area contributed by atoms with Crippen LogP contribution in [0, 0.1) is 5.92 Å². The highest BCUT2D eigenvalue weighted by Gasteiger charge is 2.16. The van der Waals surface area contributed by atoms with Gasteiger partial charge in [-0.3, -0.25) is 0 Å². The van der Waals surface area contributed by atoms with Gasteiger partial charge in [0.1, 0.15) is 5.75 Å². The van der Waals surface area contributed by atoms with Gasteiger partial charge in [0, 0.05) is 12.1 Å². The van der Waals surface area contributed by atoms with Crippen LogP contribution in [0.25, 0.3) is 0 Å². The van der Waals surface area contributed by atoms with Gasteiger partial charge < -0.3 is 9.84 Å². The molecule has 0 aliphatic carbocycles. The lowest BCUT2D eigenvalue weighted by Crippen LogP contribution is -2.25. The molecule has 0 aliphatic rings. The number of aliphatic hydroxyl groups is 1. The summed E-state index contributed by atoms with van der Waals surface area (Å²) < 4.78 is 32.4. The third-order valence-electron chi connectivity index (χ3n) is 2.99. The summed E-state index contributed by atoms with van der Waals surface area (Å²) in [5.41, 5.74) is 0.482. The van der Waals surface area contributed by atoms with Crippen LogP contribution >= 0.6 is 0 Å². The van der Waals surface area contributed by atoms with E-state index in [1.54, 1.807) is 6.07 Å². The van der Waals surface area contributed by atoms with E-state index in [0.717, 1.165) is 12.8 Å². The van der Waals surface area contributed by atoms with Gasteiger partial charge in [0.05, 0.1) is 18.1 Å². The lowest BCUT2D eigenvalue weighted by atomic mass is 10.1. The molecule has 2 N–H and O–H groups in total. The molecule has 1 rings (SSSR count). The molecular weight excluding hydrogens is 290 g/mol. The Bertz CT molecular complexity index is 541. The van der Waals surface area contributed by atoms with Gasteiger partial charge in [-0.1, -0.05) is 20.8 Å². The Kier molecular flexibility index (Phi) is 7.14. The summed E-state index contributed by atoms with van der Waals surface area (Å²) >= 11 is 0. The maximum Gasteiger partial charge on any atom is 0.240 e. The van der Waals surface area contributed by atoms with Gasteiger partial charge in [-0.05, 0) is 37.0 Å². The van der Waals surface area contributed by atoms with Crippen LogP contribution in [-0.4, -0.2) is 26.7 Å². The van der Waals surface area contributed by atoms with Gasteiger partial charge in [-0.2, -0.15) is 0 Å². The zero-order valence-corrected chi connectivity index (χ0v) is 13.7. The van der Waals surface area contributed by atoms with E-state index < -0.39 is 10.0 Å². The van der Waals surface area contributed by atoms with Crippen LogP contribution in [0.15, 0.2) is 23.1 Å². The molecule has 0 saturated carbocycles. The number of ether oxygens (including phenoxy) is 1. The first kappa shape index (κ1) is 17.9. The van der Waals surface area contributed by atoms with Gasteiger partial charge in [0.15, 0.2) is 0 Å². The summed E-state index contributed by atoms with van der Waals surface area (Å²) in [7, 11) is -3.54. The molecule has 0 unspecified atom stereocenters. The summed E-state index contributed by atoms with van der Waals surface area (Å²) in [6.45, 7) is 6.74. The highest BCUT2D eigenvalue weighted by atomic mass is 32.2. The maximum atomic E-state index is 12.2. The largest absolute Gasteiger partial charge is 0.493 e. The number of hydrogen-bond acceptors (Lipinski definition) is 4. The predicted octanol–water partition coefficient (Wildman–Crippen LogP) is 2.29. The molecule has 0 aromatic heterocycles. The Morgan fingerprint density at radius 2 is 2.05 bits per heavy atom. The highest BCUT2D eigenvalue weighted by molar-refractivity contribution is 7.89. The van der Waals surface area contributed by atoms with Crippen molar-refractivity contribution in [2.75, 3.05) is 13.2 Å². The first-order valence-electron chi connectivity index (χ1n) is 7.27. The standard InChI is InChI=1S/C15H25NO4S/c1-4-9-20-15-6-5-14(10-13(15)11-17)21(18,19)16-8-7-12(2)3/h5-6,10,12,16-17H,4,7-9,11H2,1-3H3. The van der Waals surface area contributed by atoms with Crippen LogP contribution in [0.3, 0.4) is 0 Å². The topological polar surface area (TPSA) is 75.6 Å². The van der Waals surface area contributed by atoms with E-state index in [0.29, 0.717) is 30.4 Å². The zero-order chi connectivity index (χ0) is 15.9. The SMILES string of the molecule is CCCOc1ccc(S(=O)(=O)NCCC(C)C)cc1CO. The Labute approximate surface area is 127 Å². The third kappa shape index (κ3) is 5.65. The highest BCUT2D eigenvalue weighted by Crippen LogP contribution is 2.23. The molecule has 0 heterocycles. The average Bonchev–Trinajstić information content (AvgIpc) is 2.44. The van der Waals surface area contributed by atoms with Crippen LogP contribution in [0.5, 0.6) is 5.75 Å². The minimum atomic E-state index is -3.54. The molecule has 21 heavy (non-hydrogen) atoms. The number of hydrogen-bond donors (Lipinski definition) is 2.